The van der Waals surface area contributed by atoms with Crippen LogP contribution in [-0.2, 0) is 10.9 Å². The van der Waals surface area contributed by atoms with Crippen LogP contribution in [0.5, 0.6) is 11.6 Å². The summed E-state index contributed by atoms with van der Waals surface area (Å²) in [6.07, 6.45) is 1.45. The van der Waals surface area contributed by atoms with Gasteiger partial charge in [0.25, 0.3) is 0 Å². The molecule has 1 fully saturated rings. The number of carbonyl (C=O) groups is 1. The van der Waals surface area contributed by atoms with Crippen molar-refractivity contribution in [2.45, 2.75) is 64.3 Å². The minimum atomic E-state index is -4.44. The van der Waals surface area contributed by atoms with Crippen LogP contribution in [0.15, 0.2) is 48.2 Å². The number of hydrogen-bond acceptors (Lipinski definition) is 4. The highest BCUT2D eigenvalue weighted by Gasteiger charge is 2.30. The molecule has 0 spiro atoms. The van der Waals surface area contributed by atoms with E-state index in [2.05, 4.69) is 16.4 Å². The molecule has 1 heterocycles. The normalized spacial score (nSPS) is 18.3. The van der Waals surface area contributed by atoms with Crippen LogP contribution in [-0.4, -0.2) is 22.7 Å². The Morgan fingerprint density at radius 1 is 1.19 bits per heavy atom. The molecular weight excluding hydrogens is 421 g/mol. The van der Waals surface area contributed by atoms with Gasteiger partial charge >= 0.3 is 12.3 Å². The zero-order valence-electron chi connectivity index (χ0n) is 18.3. The van der Waals surface area contributed by atoms with Gasteiger partial charge in [-0.1, -0.05) is 23.8 Å². The number of nitrogens with one attached hydrogen (secondary N) is 1. The Bertz CT molecular complexity index is 964. The Labute approximate surface area is 185 Å². The number of halogens is 3. The summed E-state index contributed by atoms with van der Waals surface area (Å²) >= 11 is 0. The maximum atomic E-state index is 12.7. The fraction of sp³-hybridized carbons (Fsp3) is 0.417. The average molecular weight is 448 g/mol. The van der Waals surface area contributed by atoms with E-state index in [0.717, 1.165) is 43.5 Å². The number of amides is 1. The third-order valence-electron chi connectivity index (χ3n) is 4.79. The van der Waals surface area contributed by atoms with Gasteiger partial charge in [-0.25, -0.2) is 9.78 Å². The molecule has 1 unspecified atom stereocenters. The van der Waals surface area contributed by atoms with Crippen LogP contribution in [0.25, 0.3) is 6.08 Å². The third kappa shape index (κ3) is 7.28. The van der Waals surface area contributed by atoms with Crippen LogP contribution in [0.1, 0.15) is 57.6 Å². The first kappa shape index (κ1) is 23.6. The van der Waals surface area contributed by atoms with Crippen molar-refractivity contribution in [1.82, 2.24) is 10.3 Å². The predicted molar refractivity (Wildman–Crippen MR) is 115 cm³/mol. The highest BCUT2D eigenvalue weighted by Crippen LogP contribution is 2.31. The van der Waals surface area contributed by atoms with E-state index >= 15 is 0 Å². The zero-order valence-corrected chi connectivity index (χ0v) is 18.3. The molecule has 1 N–H and O–H groups in total. The van der Waals surface area contributed by atoms with Crippen LogP contribution in [0.3, 0.4) is 0 Å². The largest absolute Gasteiger partial charge is 0.444 e. The van der Waals surface area contributed by atoms with Crippen molar-refractivity contribution in [2.24, 2.45) is 0 Å². The van der Waals surface area contributed by atoms with Crippen molar-refractivity contribution < 1.29 is 27.4 Å². The molecule has 2 aromatic rings. The average Bonchev–Trinajstić information content (AvgIpc) is 2.67. The van der Waals surface area contributed by atoms with Gasteiger partial charge in [0.1, 0.15) is 11.4 Å². The molecule has 1 aromatic carbocycles. The van der Waals surface area contributed by atoms with Gasteiger partial charge in [0, 0.05) is 18.3 Å². The molecule has 0 radical (unpaired) electrons. The molecule has 1 atom stereocenters. The molecule has 32 heavy (non-hydrogen) atoms. The first-order chi connectivity index (χ1) is 15.0. The molecule has 0 aliphatic heterocycles. The maximum Gasteiger partial charge on any atom is 0.417 e. The van der Waals surface area contributed by atoms with Crippen molar-refractivity contribution in [2.75, 3.05) is 0 Å². The molecule has 0 bridgehead atoms. The Morgan fingerprint density at radius 3 is 2.62 bits per heavy atom. The molecule has 3 rings (SSSR count). The van der Waals surface area contributed by atoms with Gasteiger partial charge in [0.05, 0.1) is 5.56 Å². The summed E-state index contributed by atoms with van der Waals surface area (Å²) in [5.41, 5.74) is 0.736. The van der Waals surface area contributed by atoms with Crippen molar-refractivity contribution in [3.8, 4) is 11.6 Å². The van der Waals surface area contributed by atoms with Crippen LogP contribution >= 0.6 is 0 Å². The van der Waals surface area contributed by atoms with E-state index in [4.69, 9.17) is 9.47 Å². The molecule has 1 aliphatic carbocycles. The first-order valence-corrected chi connectivity index (χ1v) is 10.5. The van der Waals surface area contributed by atoms with E-state index in [1.165, 1.54) is 11.6 Å². The first-order valence-electron chi connectivity index (χ1n) is 10.5. The monoisotopic (exact) mass is 448 g/mol. The minimum absolute atomic E-state index is 0.0145. The summed E-state index contributed by atoms with van der Waals surface area (Å²) in [5, 5.41) is 2.94. The molecule has 0 saturated heterocycles. The molecule has 1 saturated carbocycles. The number of benzene rings is 1. The number of ether oxygens (including phenoxy) is 2. The SMILES string of the molecule is CC(C)(C)OC(=O)NC1CCCC(=Cc2cccc(Oc3ccc(C(F)(F)F)cn3)c2)C1. The minimum Gasteiger partial charge on any atom is -0.444 e. The number of alkyl halides is 3. The molecule has 1 aliphatic rings. The molecule has 5 nitrogen and oxygen atoms in total. The smallest absolute Gasteiger partial charge is 0.417 e. The van der Waals surface area contributed by atoms with E-state index in [1.807, 2.05) is 32.9 Å². The number of rotatable bonds is 4. The molecule has 8 heteroatoms. The topological polar surface area (TPSA) is 60.5 Å². The molecule has 1 amide bonds. The summed E-state index contributed by atoms with van der Waals surface area (Å²) in [7, 11) is 0. The van der Waals surface area contributed by atoms with E-state index in [-0.39, 0.29) is 11.9 Å². The summed E-state index contributed by atoms with van der Waals surface area (Å²) in [6.45, 7) is 5.48. The van der Waals surface area contributed by atoms with Crippen molar-refractivity contribution in [1.29, 1.82) is 0 Å². The number of carbonyl (C=O) groups excluding carboxylic acids is 1. The summed E-state index contributed by atoms with van der Waals surface area (Å²) in [4.78, 5) is 15.8. The van der Waals surface area contributed by atoms with E-state index < -0.39 is 23.4 Å². The number of nitrogens with zero attached hydrogens (tertiary/aromatic N) is 1. The number of pyridine rings is 1. The summed E-state index contributed by atoms with van der Waals surface area (Å²) < 4.78 is 49.0. The summed E-state index contributed by atoms with van der Waals surface area (Å²) in [5.74, 6) is 0.563. The zero-order chi connectivity index (χ0) is 23.4. The number of aromatic nitrogens is 1. The molecule has 172 valence electrons. The summed E-state index contributed by atoms with van der Waals surface area (Å²) in [6, 6.07) is 9.40. The van der Waals surface area contributed by atoms with Crippen molar-refractivity contribution in [3.63, 3.8) is 0 Å². The van der Waals surface area contributed by atoms with Gasteiger partial charge in [0.15, 0.2) is 0 Å². The second kappa shape index (κ2) is 9.63. The van der Waals surface area contributed by atoms with Crippen molar-refractivity contribution in [3.05, 3.63) is 59.3 Å². The van der Waals surface area contributed by atoms with Gasteiger partial charge in [-0.2, -0.15) is 13.2 Å². The lowest BCUT2D eigenvalue weighted by atomic mass is 9.89. The molecule has 1 aromatic heterocycles. The maximum absolute atomic E-state index is 12.7. The van der Waals surface area contributed by atoms with Crippen LogP contribution in [0.4, 0.5) is 18.0 Å². The van der Waals surface area contributed by atoms with Gasteiger partial charge < -0.3 is 14.8 Å². The highest BCUT2D eigenvalue weighted by atomic mass is 19.4. The Morgan fingerprint density at radius 2 is 1.97 bits per heavy atom. The standard InChI is InChI=1S/C24H27F3N2O3/c1-23(2,3)32-22(30)29-19-8-4-6-16(13-19)12-17-7-5-9-20(14-17)31-21-11-10-18(15-28-21)24(25,26)27/h5,7,9-12,14-15,19H,4,6,8,13H2,1-3H3,(H,29,30). The second-order valence-corrected chi connectivity index (χ2v) is 8.80. The van der Waals surface area contributed by atoms with Gasteiger partial charge in [-0.3, -0.25) is 0 Å². The van der Waals surface area contributed by atoms with Gasteiger partial charge in [-0.05, 0) is 70.2 Å². The van der Waals surface area contributed by atoms with Crippen molar-refractivity contribution >= 4 is 12.2 Å². The van der Waals surface area contributed by atoms with Gasteiger partial charge in [0.2, 0.25) is 5.88 Å². The number of hydrogen-bond donors (Lipinski definition) is 1. The number of alkyl carbamates (subject to hydrolysis) is 1. The Kier molecular flexibility index (Phi) is 7.11. The predicted octanol–water partition coefficient (Wildman–Crippen LogP) is 6.74. The quantitative estimate of drug-likeness (QED) is 0.562. The highest BCUT2D eigenvalue weighted by molar-refractivity contribution is 5.68. The lowest BCUT2D eigenvalue weighted by Crippen LogP contribution is -2.40. The van der Waals surface area contributed by atoms with Crippen LogP contribution in [0.2, 0.25) is 0 Å². The lowest BCUT2D eigenvalue weighted by Gasteiger charge is -2.27. The van der Waals surface area contributed by atoms with Gasteiger partial charge in [-0.15, -0.1) is 0 Å². The third-order valence-corrected chi connectivity index (χ3v) is 4.79. The Balaban J connectivity index is 1.63. The van der Waals surface area contributed by atoms with E-state index in [9.17, 15) is 18.0 Å². The van der Waals surface area contributed by atoms with Crippen LogP contribution in [0, 0.1) is 0 Å². The van der Waals surface area contributed by atoms with Crippen LogP contribution < -0.4 is 10.1 Å². The lowest BCUT2D eigenvalue weighted by molar-refractivity contribution is -0.137. The molecular formula is C24H27F3N2O3. The van der Waals surface area contributed by atoms with E-state index in [0.29, 0.717) is 5.75 Å². The fourth-order valence-corrected chi connectivity index (χ4v) is 3.46. The Hall–Kier alpha value is -3.03. The van der Waals surface area contributed by atoms with E-state index in [1.54, 1.807) is 12.1 Å². The fourth-order valence-electron chi connectivity index (χ4n) is 3.46. The second-order valence-electron chi connectivity index (χ2n) is 8.80.